The van der Waals surface area contributed by atoms with E-state index in [4.69, 9.17) is 4.99 Å². The first kappa shape index (κ1) is 24.2. The molecule has 6 nitrogen and oxygen atoms in total. The van der Waals surface area contributed by atoms with Gasteiger partial charge in [-0.2, -0.15) is 5.10 Å². The number of aryl methyl sites for hydroxylation is 2. The summed E-state index contributed by atoms with van der Waals surface area (Å²) in [6, 6.07) is 0. The third-order valence-corrected chi connectivity index (χ3v) is 5.29. The normalized spacial score (nSPS) is 21.0. The minimum atomic E-state index is 0. The van der Waals surface area contributed by atoms with Gasteiger partial charge in [0.1, 0.15) is 0 Å². The van der Waals surface area contributed by atoms with Gasteiger partial charge in [0.2, 0.25) is 0 Å². The number of aromatic nitrogens is 2. The third-order valence-electron chi connectivity index (χ3n) is 5.29. The standard InChI is InChI=1S/C20H38N6.HI/c1-7-21-20(23-12-19-17(4)24-25(6)18(19)5)22-9-8-10-26-13-15(2)11-16(3)14-26;/h15-16H,7-14H2,1-6H3,(H2,21,22,23);1H. The van der Waals surface area contributed by atoms with Gasteiger partial charge < -0.3 is 15.5 Å². The van der Waals surface area contributed by atoms with Crippen molar-refractivity contribution in [1.29, 1.82) is 0 Å². The Morgan fingerprint density at radius 2 is 1.85 bits per heavy atom. The summed E-state index contributed by atoms with van der Waals surface area (Å²) >= 11 is 0. The van der Waals surface area contributed by atoms with Gasteiger partial charge in [-0.3, -0.25) is 4.68 Å². The molecule has 1 aliphatic rings. The van der Waals surface area contributed by atoms with E-state index in [1.807, 2.05) is 11.7 Å². The van der Waals surface area contributed by atoms with Crippen molar-refractivity contribution in [3.8, 4) is 0 Å². The van der Waals surface area contributed by atoms with E-state index in [1.54, 1.807) is 0 Å². The predicted octanol–water partition coefficient (Wildman–Crippen LogP) is 3.08. The first-order chi connectivity index (χ1) is 12.4. The van der Waals surface area contributed by atoms with Crippen LogP contribution < -0.4 is 10.6 Å². The highest BCUT2D eigenvalue weighted by atomic mass is 127. The quantitative estimate of drug-likeness (QED) is 0.267. The van der Waals surface area contributed by atoms with Crippen LogP contribution in [0.3, 0.4) is 0 Å². The zero-order chi connectivity index (χ0) is 19.1. The van der Waals surface area contributed by atoms with Crippen molar-refractivity contribution in [1.82, 2.24) is 25.3 Å². The smallest absolute Gasteiger partial charge is 0.191 e. The third kappa shape index (κ3) is 7.60. The molecule has 2 heterocycles. The Morgan fingerprint density at radius 3 is 2.41 bits per heavy atom. The summed E-state index contributed by atoms with van der Waals surface area (Å²) in [6.07, 6.45) is 2.52. The Bertz CT molecular complexity index is 588. The van der Waals surface area contributed by atoms with Gasteiger partial charge >= 0.3 is 0 Å². The largest absolute Gasteiger partial charge is 0.357 e. The second-order valence-electron chi connectivity index (χ2n) is 7.95. The molecule has 1 aromatic rings. The van der Waals surface area contributed by atoms with Crippen molar-refractivity contribution in [2.75, 3.05) is 32.7 Å². The number of hydrogen-bond acceptors (Lipinski definition) is 3. The molecule has 0 bridgehead atoms. The van der Waals surface area contributed by atoms with Crippen LogP contribution in [0.15, 0.2) is 4.99 Å². The molecule has 1 aromatic heterocycles. The average Bonchev–Trinajstić information content (AvgIpc) is 2.81. The Hall–Kier alpha value is -0.830. The van der Waals surface area contributed by atoms with Crippen LogP contribution in [0.25, 0.3) is 0 Å². The van der Waals surface area contributed by atoms with Gasteiger partial charge in [0.25, 0.3) is 0 Å². The summed E-state index contributed by atoms with van der Waals surface area (Å²) in [6.45, 7) is 17.2. The van der Waals surface area contributed by atoms with Crippen LogP contribution >= 0.6 is 24.0 Å². The van der Waals surface area contributed by atoms with Crippen LogP contribution in [0.5, 0.6) is 0 Å². The molecule has 0 aliphatic carbocycles. The van der Waals surface area contributed by atoms with E-state index in [0.717, 1.165) is 43.0 Å². The fourth-order valence-electron chi connectivity index (χ4n) is 4.03. The lowest BCUT2D eigenvalue weighted by atomic mass is 9.92. The molecule has 1 aliphatic heterocycles. The highest BCUT2D eigenvalue weighted by Gasteiger charge is 2.21. The fraction of sp³-hybridized carbons (Fsp3) is 0.800. The predicted molar refractivity (Wildman–Crippen MR) is 125 cm³/mol. The molecule has 0 amide bonds. The number of likely N-dealkylation sites (tertiary alicyclic amines) is 1. The topological polar surface area (TPSA) is 57.5 Å². The van der Waals surface area contributed by atoms with E-state index < -0.39 is 0 Å². The molecule has 0 radical (unpaired) electrons. The highest BCUT2D eigenvalue weighted by molar-refractivity contribution is 14.0. The van der Waals surface area contributed by atoms with Gasteiger partial charge in [-0.05, 0) is 52.0 Å². The molecule has 0 aromatic carbocycles. The van der Waals surface area contributed by atoms with Crippen molar-refractivity contribution >= 4 is 29.9 Å². The Kier molecular flexibility index (Phi) is 10.7. The van der Waals surface area contributed by atoms with Crippen molar-refractivity contribution in [3.05, 3.63) is 17.0 Å². The first-order valence-corrected chi connectivity index (χ1v) is 10.1. The summed E-state index contributed by atoms with van der Waals surface area (Å²) < 4.78 is 1.93. The van der Waals surface area contributed by atoms with Crippen molar-refractivity contribution < 1.29 is 0 Å². The van der Waals surface area contributed by atoms with E-state index in [1.165, 1.54) is 37.3 Å². The minimum Gasteiger partial charge on any atom is -0.357 e. The minimum absolute atomic E-state index is 0. The SMILES string of the molecule is CCNC(=NCc1c(C)nn(C)c1C)NCCCN1CC(C)CC(C)C1.I. The fourth-order valence-corrected chi connectivity index (χ4v) is 4.03. The second-order valence-corrected chi connectivity index (χ2v) is 7.95. The van der Waals surface area contributed by atoms with Crippen LogP contribution in [-0.2, 0) is 13.6 Å². The molecule has 2 unspecified atom stereocenters. The molecular formula is C20H39IN6. The molecule has 2 atom stereocenters. The lowest BCUT2D eigenvalue weighted by molar-refractivity contribution is 0.140. The maximum Gasteiger partial charge on any atom is 0.191 e. The molecule has 7 heteroatoms. The van der Waals surface area contributed by atoms with Gasteiger partial charge in [-0.15, -0.1) is 24.0 Å². The number of hydrogen-bond donors (Lipinski definition) is 2. The molecule has 1 fully saturated rings. The van der Waals surface area contributed by atoms with E-state index in [2.05, 4.69) is 55.3 Å². The van der Waals surface area contributed by atoms with Crippen LogP contribution in [0.2, 0.25) is 0 Å². The lowest BCUT2D eigenvalue weighted by Crippen LogP contribution is -2.41. The lowest BCUT2D eigenvalue weighted by Gasteiger charge is -2.35. The zero-order valence-corrected chi connectivity index (χ0v) is 20.3. The van der Waals surface area contributed by atoms with E-state index in [0.29, 0.717) is 6.54 Å². The highest BCUT2D eigenvalue weighted by Crippen LogP contribution is 2.20. The zero-order valence-electron chi connectivity index (χ0n) is 18.0. The number of rotatable bonds is 7. The Balaban J connectivity index is 0.00000364. The molecule has 0 spiro atoms. The number of aliphatic imine (C=N–C) groups is 1. The Labute approximate surface area is 182 Å². The molecule has 2 rings (SSSR count). The van der Waals surface area contributed by atoms with Crippen molar-refractivity contribution in [2.45, 2.75) is 54.0 Å². The molecular weight excluding hydrogens is 451 g/mol. The molecule has 156 valence electrons. The number of nitrogens with zero attached hydrogens (tertiary/aromatic N) is 4. The Morgan fingerprint density at radius 1 is 1.19 bits per heavy atom. The summed E-state index contributed by atoms with van der Waals surface area (Å²) in [5, 5.41) is 11.3. The average molecular weight is 490 g/mol. The number of guanidine groups is 1. The maximum absolute atomic E-state index is 4.75. The van der Waals surface area contributed by atoms with Crippen molar-refractivity contribution in [2.24, 2.45) is 23.9 Å². The second kappa shape index (κ2) is 11.9. The summed E-state index contributed by atoms with van der Waals surface area (Å²) in [4.78, 5) is 7.37. The molecule has 0 saturated carbocycles. The van der Waals surface area contributed by atoms with E-state index in [9.17, 15) is 0 Å². The van der Waals surface area contributed by atoms with E-state index >= 15 is 0 Å². The molecule has 1 saturated heterocycles. The van der Waals surface area contributed by atoms with Crippen LogP contribution in [0.1, 0.15) is 50.6 Å². The van der Waals surface area contributed by atoms with Crippen LogP contribution in [0, 0.1) is 25.7 Å². The maximum atomic E-state index is 4.75. The van der Waals surface area contributed by atoms with Crippen LogP contribution in [-0.4, -0.2) is 53.4 Å². The first-order valence-electron chi connectivity index (χ1n) is 10.1. The number of piperidine rings is 1. The van der Waals surface area contributed by atoms with Crippen molar-refractivity contribution in [3.63, 3.8) is 0 Å². The van der Waals surface area contributed by atoms with Gasteiger partial charge in [0.15, 0.2) is 5.96 Å². The molecule has 27 heavy (non-hydrogen) atoms. The molecule has 2 N–H and O–H groups in total. The van der Waals surface area contributed by atoms with Gasteiger partial charge in [0.05, 0.1) is 12.2 Å². The van der Waals surface area contributed by atoms with Gasteiger partial charge in [0, 0.05) is 44.5 Å². The van der Waals surface area contributed by atoms with E-state index in [-0.39, 0.29) is 24.0 Å². The van der Waals surface area contributed by atoms with Gasteiger partial charge in [-0.25, -0.2) is 4.99 Å². The number of halogens is 1. The van der Waals surface area contributed by atoms with Crippen LogP contribution in [0.4, 0.5) is 0 Å². The number of nitrogens with one attached hydrogen (secondary N) is 2. The summed E-state index contributed by atoms with van der Waals surface area (Å²) in [5.41, 5.74) is 3.48. The summed E-state index contributed by atoms with van der Waals surface area (Å²) in [7, 11) is 1.99. The monoisotopic (exact) mass is 490 g/mol. The summed E-state index contributed by atoms with van der Waals surface area (Å²) in [5.74, 6) is 2.56. The van der Waals surface area contributed by atoms with Gasteiger partial charge in [-0.1, -0.05) is 13.8 Å².